The molecule has 0 spiro atoms. The first-order valence-electron chi connectivity index (χ1n) is 15.5. The van der Waals surface area contributed by atoms with Crippen LogP contribution in [-0.2, 0) is 0 Å². The summed E-state index contributed by atoms with van der Waals surface area (Å²) < 4.78 is 6.37. The summed E-state index contributed by atoms with van der Waals surface area (Å²) in [7, 11) is 0. The third-order valence-corrected chi connectivity index (χ3v) is 9.64. The number of rotatable bonds is 2. The van der Waals surface area contributed by atoms with E-state index in [1.54, 1.807) is 0 Å². The number of hydrogen-bond donors (Lipinski definition) is 0. The van der Waals surface area contributed by atoms with Gasteiger partial charge in [0.1, 0.15) is 11.2 Å². The second-order valence-electron chi connectivity index (χ2n) is 12.0. The van der Waals surface area contributed by atoms with Crippen LogP contribution in [0, 0.1) is 0 Å². The van der Waals surface area contributed by atoms with Crippen LogP contribution in [0.15, 0.2) is 162 Å². The minimum Gasteiger partial charge on any atom is -0.456 e. The smallest absolute Gasteiger partial charge is 0.136 e. The molecule has 0 bridgehead atoms. The predicted molar refractivity (Wildman–Crippen MR) is 192 cm³/mol. The normalized spacial score (nSPS) is 12.0. The second-order valence-corrected chi connectivity index (χ2v) is 12.0. The monoisotopic (exact) mass is 570 g/mol. The van der Waals surface area contributed by atoms with Gasteiger partial charge in [0.2, 0.25) is 0 Å². The molecule has 0 saturated heterocycles. The van der Waals surface area contributed by atoms with Gasteiger partial charge in [-0.05, 0) is 82.9 Å². The van der Waals surface area contributed by atoms with Crippen LogP contribution in [0.5, 0.6) is 0 Å². The number of fused-ring (bicyclic) bond motifs is 10. The van der Waals surface area contributed by atoms with Crippen molar-refractivity contribution in [1.29, 1.82) is 0 Å². The van der Waals surface area contributed by atoms with Crippen molar-refractivity contribution in [1.82, 2.24) is 0 Å². The maximum Gasteiger partial charge on any atom is 0.136 e. The van der Waals surface area contributed by atoms with Crippen LogP contribution in [0.25, 0.3) is 98.1 Å². The van der Waals surface area contributed by atoms with Crippen LogP contribution in [0.2, 0.25) is 0 Å². The lowest BCUT2D eigenvalue weighted by atomic mass is 9.83. The van der Waals surface area contributed by atoms with Gasteiger partial charge in [0.25, 0.3) is 0 Å². The Bertz CT molecular complexity index is 2760. The zero-order valence-electron chi connectivity index (χ0n) is 24.4. The lowest BCUT2D eigenvalue weighted by Crippen LogP contribution is -1.92. The molecular formula is C44H26O. The molecule has 0 atom stereocenters. The molecule has 0 saturated carbocycles. The summed E-state index contributed by atoms with van der Waals surface area (Å²) >= 11 is 0. The minimum absolute atomic E-state index is 0.920. The van der Waals surface area contributed by atoms with Gasteiger partial charge < -0.3 is 4.42 Å². The molecule has 10 aromatic rings. The van der Waals surface area contributed by atoms with E-state index in [0.717, 1.165) is 16.6 Å². The van der Waals surface area contributed by atoms with Crippen LogP contribution < -0.4 is 0 Å². The lowest BCUT2D eigenvalue weighted by molar-refractivity contribution is 0.669. The Balaban J connectivity index is 1.38. The Hall–Kier alpha value is -5.92. The third kappa shape index (κ3) is 3.44. The zero-order chi connectivity index (χ0) is 29.5. The molecule has 1 nitrogen and oxygen atoms in total. The van der Waals surface area contributed by atoms with E-state index in [-0.39, 0.29) is 0 Å². The second kappa shape index (κ2) is 9.29. The zero-order valence-corrected chi connectivity index (χ0v) is 24.4. The fraction of sp³-hybridized carbons (Fsp3) is 0. The summed E-state index contributed by atoms with van der Waals surface area (Å²) in [6.07, 6.45) is 0. The van der Waals surface area contributed by atoms with Crippen molar-refractivity contribution >= 4 is 75.8 Å². The first-order chi connectivity index (χ1) is 22.3. The number of hydrogen-bond acceptors (Lipinski definition) is 1. The predicted octanol–water partition coefficient (Wildman–Crippen LogP) is 12.7. The molecule has 1 heteroatoms. The van der Waals surface area contributed by atoms with Crippen molar-refractivity contribution < 1.29 is 4.42 Å². The molecule has 0 aliphatic rings. The molecule has 0 aliphatic carbocycles. The van der Waals surface area contributed by atoms with Crippen LogP contribution in [0.4, 0.5) is 0 Å². The van der Waals surface area contributed by atoms with Gasteiger partial charge >= 0.3 is 0 Å². The van der Waals surface area contributed by atoms with Gasteiger partial charge in [-0.15, -0.1) is 0 Å². The SMILES string of the molecule is c1ccc2c(c1)ccc1c(-c3c4ccccc4c(-c4cccc5ccc6oc7ccccc7c6c45)c4ccccc34)cccc12. The Kier molecular flexibility index (Phi) is 5.06. The van der Waals surface area contributed by atoms with E-state index in [4.69, 9.17) is 4.42 Å². The molecule has 10 rings (SSSR count). The topological polar surface area (TPSA) is 13.1 Å². The highest BCUT2D eigenvalue weighted by Crippen LogP contribution is 2.48. The van der Waals surface area contributed by atoms with Gasteiger partial charge in [-0.2, -0.15) is 0 Å². The van der Waals surface area contributed by atoms with E-state index in [1.807, 2.05) is 6.07 Å². The maximum absolute atomic E-state index is 6.37. The Morgan fingerprint density at radius 3 is 1.56 bits per heavy atom. The van der Waals surface area contributed by atoms with E-state index in [9.17, 15) is 0 Å². The van der Waals surface area contributed by atoms with E-state index in [0.29, 0.717) is 0 Å². The van der Waals surface area contributed by atoms with Gasteiger partial charge in [0.15, 0.2) is 0 Å². The van der Waals surface area contributed by atoms with E-state index >= 15 is 0 Å². The van der Waals surface area contributed by atoms with Crippen molar-refractivity contribution in [2.24, 2.45) is 0 Å². The number of benzene rings is 9. The molecule has 45 heavy (non-hydrogen) atoms. The van der Waals surface area contributed by atoms with Crippen molar-refractivity contribution in [3.63, 3.8) is 0 Å². The molecule has 0 radical (unpaired) electrons. The van der Waals surface area contributed by atoms with E-state index in [1.165, 1.54) is 81.5 Å². The fourth-order valence-corrected chi connectivity index (χ4v) is 7.77. The van der Waals surface area contributed by atoms with Gasteiger partial charge in [0, 0.05) is 16.2 Å². The van der Waals surface area contributed by atoms with Crippen molar-refractivity contribution in [3.8, 4) is 22.3 Å². The number of furan rings is 1. The van der Waals surface area contributed by atoms with Gasteiger partial charge in [-0.25, -0.2) is 0 Å². The molecule has 0 unspecified atom stereocenters. The maximum atomic E-state index is 6.37. The summed E-state index contributed by atoms with van der Waals surface area (Å²) in [5, 5.41) is 14.9. The largest absolute Gasteiger partial charge is 0.456 e. The Morgan fingerprint density at radius 2 is 0.800 bits per heavy atom. The minimum atomic E-state index is 0.920. The molecular weight excluding hydrogens is 544 g/mol. The van der Waals surface area contributed by atoms with Crippen molar-refractivity contribution in [3.05, 3.63) is 158 Å². The van der Waals surface area contributed by atoms with E-state index < -0.39 is 0 Å². The quantitative estimate of drug-likeness (QED) is 0.149. The highest BCUT2D eigenvalue weighted by Gasteiger charge is 2.21. The van der Waals surface area contributed by atoms with Crippen LogP contribution in [-0.4, -0.2) is 0 Å². The first-order valence-corrected chi connectivity index (χ1v) is 15.5. The molecule has 1 heterocycles. The van der Waals surface area contributed by atoms with Crippen LogP contribution in [0.1, 0.15) is 0 Å². The lowest BCUT2D eigenvalue weighted by Gasteiger charge is -2.20. The average Bonchev–Trinajstić information content (AvgIpc) is 3.49. The van der Waals surface area contributed by atoms with Gasteiger partial charge in [-0.3, -0.25) is 0 Å². The summed E-state index contributed by atoms with van der Waals surface area (Å²) in [4.78, 5) is 0. The molecule has 9 aromatic carbocycles. The molecule has 0 aliphatic heterocycles. The van der Waals surface area contributed by atoms with Crippen LogP contribution >= 0.6 is 0 Å². The fourth-order valence-electron chi connectivity index (χ4n) is 7.77. The molecule has 1 aromatic heterocycles. The molecule has 0 N–H and O–H groups in total. The summed E-state index contributed by atoms with van der Waals surface area (Å²) in [6.45, 7) is 0. The Morgan fingerprint density at radius 1 is 0.267 bits per heavy atom. The van der Waals surface area contributed by atoms with E-state index in [2.05, 4.69) is 152 Å². The van der Waals surface area contributed by atoms with Crippen molar-refractivity contribution in [2.45, 2.75) is 0 Å². The van der Waals surface area contributed by atoms with Crippen molar-refractivity contribution in [2.75, 3.05) is 0 Å². The standard InChI is InChI=1S/C44H26O/c1-2-13-29-27(11-1)23-25-31-30(29)19-10-20-32(31)42-33-14-3-5-16-35(33)43(36-17-6-4-15-34(36)42)38-21-9-12-28-24-26-40-44(41(28)38)37-18-7-8-22-39(37)45-40/h1-26H. The Labute approximate surface area is 259 Å². The first kappa shape index (κ1) is 24.5. The molecule has 0 fully saturated rings. The highest BCUT2D eigenvalue weighted by atomic mass is 16.3. The van der Waals surface area contributed by atoms with Crippen LogP contribution in [0.3, 0.4) is 0 Å². The molecule has 0 amide bonds. The number of para-hydroxylation sites is 1. The summed E-state index contributed by atoms with van der Waals surface area (Å²) in [6, 6.07) is 57.3. The average molecular weight is 571 g/mol. The van der Waals surface area contributed by atoms with Gasteiger partial charge in [-0.1, -0.05) is 146 Å². The summed E-state index contributed by atoms with van der Waals surface area (Å²) in [5.74, 6) is 0. The third-order valence-electron chi connectivity index (χ3n) is 9.64. The molecule has 208 valence electrons. The van der Waals surface area contributed by atoms with Gasteiger partial charge in [0.05, 0.1) is 0 Å². The highest BCUT2D eigenvalue weighted by molar-refractivity contribution is 6.29. The summed E-state index contributed by atoms with van der Waals surface area (Å²) in [5.41, 5.74) is 6.88.